The Balaban J connectivity index is 1.63. The Labute approximate surface area is 210 Å². The number of Topliss-reactive ketones (excluding diaryl/α,β-unsaturated/α-hetero) is 2. The molecule has 0 saturated heterocycles. The number of primary amides is 1. The maximum atomic E-state index is 13.8. The highest BCUT2D eigenvalue weighted by Gasteiger charge is 2.65. The summed E-state index contributed by atoms with van der Waals surface area (Å²) in [4.78, 5) is 38.2. The summed E-state index contributed by atoms with van der Waals surface area (Å²) in [5.41, 5.74) is 2.14. The molecule has 10 heteroatoms. The molecule has 0 bridgehead atoms. The van der Waals surface area contributed by atoms with Crippen LogP contribution in [0.15, 0.2) is 65.4 Å². The number of rotatable bonds is 5. The van der Waals surface area contributed by atoms with E-state index in [2.05, 4.69) is 0 Å². The van der Waals surface area contributed by atoms with E-state index in [4.69, 9.17) is 10.5 Å². The Morgan fingerprint density at radius 2 is 1.76 bits per heavy atom. The minimum Gasteiger partial charge on any atom is -0.508 e. The molecule has 5 atom stereocenters. The summed E-state index contributed by atoms with van der Waals surface area (Å²) in [6, 6.07) is 13.7. The van der Waals surface area contributed by atoms with Gasteiger partial charge in [0.25, 0.3) is 5.91 Å². The van der Waals surface area contributed by atoms with Crippen molar-refractivity contribution in [3.8, 4) is 5.75 Å². The van der Waals surface area contributed by atoms with Gasteiger partial charge in [-0.1, -0.05) is 42.5 Å². The van der Waals surface area contributed by atoms with Crippen LogP contribution in [0.25, 0.3) is 5.76 Å². The van der Waals surface area contributed by atoms with Gasteiger partial charge >= 0.3 is 0 Å². The lowest BCUT2D eigenvalue weighted by Crippen LogP contribution is -2.64. The molecule has 1 amide bonds. The molecule has 0 heterocycles. The molecule has 0 aromatic heterocycles. The molecular weight excluding hydrogens is 482 g/mol. The van der Waals surface area contributed by atoms with E-state index in [0.29, 0.717) is 5.56 Å². The minimum atomic E-state index is -2.88. The van der Waals surface area contributed by atoms with Gasteiger partial charge in [0.2, 0.25) is 5.78 Å². The maximum absolute atomic E-state index is 13.8. The lowest BCUT2D eigenvalue weighted by atomic mass is 9.55. The van der Waals surface area contributed by atoms with E-state index >= 15 is 0 Å². The summed E-state index contributed by atoms with van der Waals surface area (Å²) in [6.07, 6.45) is -2.26. The van der Waals surface area contributed by atoms with Gasteiger partial charge in [-0.05, 0) is 17.2 Å². The number of aliphatic hydroxyl groups excluding tert-OH is 3. The van der Waals surface area contributed by atoms with Crippen LogP contribution in [0.1, 0.15) is 29.0 Å². The van der Waals surface area contributed by atoms with Gasteiger partial charge in [0, 0.05) is 29.7 Å². The third-order valence-corrected chi connectivity index (χ3v) is 7.58. The number of carbonyl (C=O) groups excluding carboxylic acids is 3. The van der Waals surface area contributed by atoms with Crippen molar-refractivity contribution >= 4 is 23.2 Å². The number of fused-ring (bicyclic) bond motifs is 3. The van der Waals surface area contributed by atoms with Crippen LogP contribution < -0.4 is 5.73 Å². The zero-order valence-electron chi connectivity index (χ0n) is 19.5. The second-order valence-electron chi connectivity index (χ2n) is 9.54. The molecule has 2 aromatic carbocycles. The SMILES string of the molecule is NC(=O)C1=C(O)[C@@]2(O)C(=O)C3=C(O)c4c(O)cccc4C(COCc4ccccc4)[C@H]3[C@H](O)[C@H]2CC1=O. The van der Waals surface area contributed by atoms with Crippen LogP contribution in [0.5, 0.6) is 5.75 Å². The monoisotopic (exact) mass is 507 g/mol. The van der Waals surface area contributed by atoms with E-state index in [9.17, 15) is 39.9 Å². The van der Waals surface area contributed by atoms with E-state index in [1.807, 2.05) is 30.3 Å². The molecule has 1 saturated carbocycles. The van der Waals surface area contributed by atoms with Crippen molar-refractivity contribution in [3.05, 3.63) is 82.1 Å². The topological polar surface area (TPSA) is 188 Å². The molecule has 192 valence electrons. The predicted molar refractivity (Wildman–Crippen MR) is 128 cm³/mol. The molecule has 0 aliphatic heterocycles. The summed E-state index contributed by atoms with van der Waals surface area (Å²) >= 11 is 0. The highest BCUT2D eigenvalue weighted by Crippen LogP contribution is 2.55. The smallest absolute Gasteiger partial charge is 0.255 e. The van der Waals surface area contributed by atoms with E-state index in [0.717, 1.165) is 5.56 Å². The third-order valence-electron chi connectivity index (χ3n) is 7.58. The van der Waals surface area contributed by atoms with Gasteiger partial charge in [0.15, 0.2) is 11.4 Å². The molecule has 3 aliphatic carbocycles. The fraction of sp³-hybridized carbons (Fsp3) is 0.296. The van der Waals surface area contributed by atoms with Gasteiger partial charge in [0.1, 0.15) is 22.8 Å². The first-order valence-electron chi connectivity index (χ1n) is 11.7. The molecule has 37 heavy (non-hydrogen) atoms. The summed E-state index contributed by atoms with van der Waals surface area (Å²) < 4.78 is 5.92. The van der Waals surface area contributed by atoms with Crippen molar-refractivity contribution < 1.29 is 44.7 Å². The summed E-state index contributed by atoms with van der Waals surface area (Å²) in [6.45, 7) is 0.148. The van der Waals surface area contributed by atoms with Gasteiger partial charge in [0.05, 0.1) is 24.9 Å². The average molecular weight is 507 g/mol. The van der Waals surface area contributed by atoms with Crippen molar-refractivity contribution in [2.75, 3.05) is 6.61 Å². The van der Waals surface area contributed by atoms with Crippen molar-refractivity contribution in [2.24, 2.45) is 17.6 Å². The molecule has 0 radical (unpaired) electrons. The summed E-state index contributed by atoms with van der Waals surface area (Å²) in [5.74, 6) is -9.20. The first kappa shape index (κ1) is 24.7. The van der Waals surface area contributed by atoms with Crippen LogP contribution in [0.4, 0.5) is 0 Å². The molecular formula is C27H25NO9. The Hall–Kier alpha value is -3.99. The standard InChI is InChI=1S/C27H25NO9/c28-26(35)20-17(30)9-15-22(31)19-14(11-37-10-12-5-2-1-3-6-12)13-7-4-8-16(29)18(13)23(32)21(19)25(34)27(15,36)24(20)33/h1-8,14-15,19,22,29,31-33,36H,9-11H2,(H2,28,35)/t14?,15-,19-,22-,27-/m1/s1. The Morgan fingerprint density at radius 3 is 2.43 bits per heavy atom. The molecule has 5 rings (SSSR count). The minimum absolute atomic E-state index is 0.0510. The zero-order chi connectivity index (χ0) is 26.6. The van der Waals surface area contributed by atoms with Crippen LogP contribution in [0.3, 0.4) is 0 Å². The number of aromatic hydroxyl groups is 1. The Morgan fingerprint density at radius 1 is 1.05 bits per heavy atom. The van der Waals surface area contributed by atoms with E-state index in [-0.39, 0.29) is 24.5 Å². The van der Waals surface area contributed by atoms with E-state index in [1.165, 1.54) is 6.07 Å². The zero-order valence-corrected chi connectivity index (χ0v) is 19.5. The number of ether oxygens (including phenoxy) is 1. The number of amides is 1. The normalized spacial score (nSPS) is 29.0. The van der Waals surface area contributed by atoms with Crippen LogP contribution in [-0.4, -0.2) is 61.3 Å². The molecule has 2 aromatic rings. The van der Waals surface area contributed by atoms with Crippen molar-refractivity contribution in [1.82, 2.24) is 0 Å². The van der Waals surface area contributed by atoms with E-state index < -0.39 is 76.0 Å². The Bertz CT molecular complexity index is 1380. The number of ketones is 2. The van der Waals surface area contributed by atoms with E-state index in [1.54, 1.807) is 12.1 Å². The first-order valence-corrected chi connectivity index (χ1v) is 11.7. The molecule has 7 N–H and O–H groups in total. The predicted octanol–water partition coefficient (Wildman–Crippen LogP) is 1.15. The van der Waals surface area contributed by atoms with Crippen LogP contribution >= 0.6 is 0 Å². The van der Waals surface area contributed by atoms with Gasteiger partial charge in [-0.25, -0.2) is 0 Å². The fourth-order valence-electron chi connectivity index (χ4n) is 5.85. The number of hydrogen-bond acceptors (Lipinski definition) is 9. The molecule has 10 nitrogen and oxygen atoms in total. The number of hydrogen-bond donors (Lipinski definition) is 6. The number of nitrogens with two attached hydrogens (primary N) is 1. The van der Waals surface area contributed by atoms with Crippen molar-refractivity contribution in [1.29, 1.82) is 0 Å². The Kier molecular flexibility index (Phi) is 5.90. The second-order valence-corrected chi connectivity index (χ2v) is 9.54. The quantitative estimate of drug-likeness (QED) is 0.323. The van der Waals surface area contributed by atoms with Crippen molar-refractivity contribution in [3.63, 3.8) is 0 Å². The first-order chi connectivity index (χ1) is 17.6. The highest BCUT2D eigenvalue weighted by molar-refractivity contribution is 6.23. The van der Waals surface area contributed by atoms with Gasteiger partial charge in [-0.15, -0.1) is 0 Å². The fourth-order valence-corrected chi connectivity index (χ4v) is 5.85. The van der Waals surface area contributed by atoms with Gasteiger partial charge < -0.3 is 36.0 Å². The van der Waals surface area contributed by atoms with Crippen LogP contribution in [-0.2, 0) is 25.7 Å². The van der Waals surface area contributed by atoms with Crippen LogP contribution in [0.2, 0.25) is 0 Å². The third kappa shape index (κ3) is 3.56. The summed E-state index contributed by atoms with van der Waals surface area (Å²) in [5, 5.41) is 55.3. The largest absolute Gasteiger partial charge is 0.508 e. The van der Waals surface area contributed by atoms with Crippen molar-refractivity contribution in [2.45, 2.75) is 30.7 Å². The molecule has 1 unspecified atom stereocenters. The lowest BCUT2D eigenvalue weighted by molar-refractivity contribution is -0.161. The average Bonchev–Trinajstić information content (AvgIpc) is 2.86. The second kappa shape index (κ2) is 8.84. The number of carbonyl (C=O) groups is 3. The highest BCUT2D eigenvalue weighted by atomic mass is 16.5. The summed E-state index contributed by atoms with van der Waals surface area (Å²) in [7, 11) is 0. The van der Waals surface area contributed by atoms with Gasteiger partial charge in [-0.2, -0.15) is 0 Å². The molecule has 1 fully saturated rings. The van der Waals surface area contributed by atoms with Gasteiger partial charge in [-0.3, -0.25) is 14.4 Å². The van der Waals surface area contributed by atoms with Crippen LogP contribution in [0, 0.1) is 11.8 Å². The molecule has 0 spiro atoms. The number of phenols is 1. The maximum Gasteiger partial charge on any atom is 0.255 e. The lowest BCUT2D eigenvalue weighted by Gasteiger charge is -2.50. The molecule has 3 aliphatic rings. The number of aliphatic hydroxyl groups is 4. The number of benzene rings is 2. The number of phenolic OH excluding ortho intramolecular Hbond substituents is 1.